The molecule has 1 fully saturated rings. The zero-order valence-electron chi connectivity index (χ0n) is 19.4. The fourth-order valence-electron chi connectivity index (χ4n) is 4.20. The number of carbonyl (C=O) groups excluding carboxylic acids is 2. The van der Waals surface area contributed by atoms with Gasteiger partial charge >= 0.3 is 12.1 Å². The van der Waals surface area contributed by atoms with Crippen LogP contribution >= 0.6 is 0 Å². The van der Waals surface area contributed by atoms with Crippen LogP contribution in [0.1, 0.15) is 53.4 Å². The lowest BCUT2D eigenvalue weighted by Gasteiger charge is -2.40. The summed E-state index contributed by atoms with van der Waals surface area (Å²) in [5.74, 6) is -0.229. The number of likely N-dealkylation sites (tertiary alicyclic amines) is 1. The summed E-state index contributed by atoms with van der Waals surface area (Å²) in [6.45, 7) is 8.94. The minimum Gasteiger partial charge on any atom is -0.466 e. The summed E-state index contributed by atoms with van der Waals surface area (Å²) < 4.78 is 12.5. The van der Waals surface area contributed by atoms with E-state index in [-0.39, 0.29) is 17.6 Å². The quantitative estimate of drug-likeness (QED) is 0.632. The first-order valence-corrected chi connectivity index (χ1v) is 11.2. The second kappa shape index (κ2) is 9.71. The first-order valence-electron chi connectivity index (χ1n) is 11.2. The Kier molecular flexibility index (Phi) is 7.21. The molecule has 0 saturated carbocycles. The third kappa shape index (κ3) is 5.47. The summed E-state index contributed by atoms with van der Waals surface area (Å²) in [5.41, 5.74) is -0.700. The predicted molar refractivity (Wildman–Crippen MR) is 121 cm³/mol. The summed E-state index contributed by atoms with van der Waals surface area (Å²) in [7, 11) is 0. The van der Waals surface area contributed by atoms with Crippen LogP contribution in [0.25, 0.3) is 11.0 Å². The van der Waals surface area contributed by atoms with Gasteiger partial charge in [-0.3, -0.25) is 14.2 Å². The van der Waals surface area contributed by atoms with Crippen molar-refractivity contribution in [3.8, 4) is 0 Å². The molecule has 32 heavy (non-hydrogen) atoms. The molecule has 3 heterocycles. The normalized spacial score (nSPS) is 16.1. The van der Waals surface area contributed by atoms with Crippen LogP contribution in [-0.2, 0) is 20.8 Å². The molecule has 1 saturated heterocycles. The summed E-state index contributed by atoms with van der Waals surface area (Å²) in [6, 6.07) is 7.08. The second-order valence-electron chi connectivity index (χ2n) is 9.31. The number of esters is 1. The number of aromatic nitrogens is 2. The predicted octanol–water partition coefficient (Wildman–Crippen LogP) is 3.76. The Hall–Kier alpha value is -2.90. The van der Waals surface area contributed by atoms with Crippen LogP contribution in [-0.4, -0.2) is 51.8 Å². The number of hydrogen-bond acceptors (Lipinski definition) is 6. The lowest BCUT2D eigenvalue weighted by molar-refractivity contribution is -0.159. The first-order chi connectivity index (χ1) is 15.1. The van der Waals surface area contributed by atoms with Crippen molar-refractivity contribution in [2.45, 2.75) is 65.5 Å². The van der Waals surface area contributed by atoms with Crippen molar-refractivity contribution in [1.82, 2.24) is 14.5 Å². The highest BCUT2D eigenvalue weighted by Gasteiger charge is 2.43. The molecular weight excluding hydrogens is 410 g/mol. The number of hydrogen-bond donors (Lipinski definition) is 0. The number of nitrogens with zero attached hydrogens (tertiary/aromatic N) is 3. The molecule has 0 aromatic carbocycles. The molecule has 0 bridgehead atoms. The SMILES string of the molecule is CCOC(=O)C1(CCCn2c(=O)ccc3cccnc32)CCN(C(=O)OC(C)(C)C)CC1. The Balaban J connectivity index is 1.70. The first kappa shape index (κ1) is 23.8. The smallest absolute Gasteiger partial charge is 0.410 e. The molecule has 8 nitrogen and oxygen atoms in total. The second-order valence-corrected chi connectivity index (χ2v) is 9.31. The van der Waals surface area contributed by atoms with E-state index in [2.05, 4.69) is 4.98 Å². The third-order valence-electron chi connectivity index (χ3n) is 5.86. The van der Waals surface area contributed by atoms with E-state index in [1.807, 2.05) is 32.9 Å². The Morgan fingerprint density at radius 3 is 2.53 bits per heavy atom. The monoisotopic (exact) mass is 443 g/mol. The molecule has 8 heteroatoms. The minimum absolute atomic E-state index is 0.110. The van der Waals surface area contributed by atoms with E-state index in [0.717, 1.165) is 5.39 Å². The van der Waals surface area contributed by atoms with Gasteiger partial charge in [-0.2, -0.15) is 0 Å². The highest BCUT2D eigenvalue weighted by molar-refractivity contribution is 5.78. The van der Waals surface area contributed by atoms with E-state index in [4.69, 9.17) is 9.47 Å². The molecular formula is C24H33N3O5. The van der Waals surface area contributed by atoms with Crippen molar-refractivity contribution in [1.29, 1.82) is 0 Å². The molecule has 2 aromatic rings. The molecule has 0 spiro atoms. The number of piperidine rings is 1. The average Bonchev–Trinajstić information content (AvgIpc) is 2.74. The van der Waals surface area contributed by atoms with Gasteiger partial charge in [-0.05, 0) is 71.6 Å². The van der Waals surface area contributed by atoms with Crippen molar-refractivity contribution >= 4 is 23.1 Å². The van der Waals surface area contributed by atoms with E-state index in [0.29, 0.717) is 57.6 Å². The topological polar surface area (TPSA) is 90.7 Å². The molecule has 0 atom stereocenters. The van der Waals surface area contributed by atoms with Crippen molar-refractivity contribution in [2.24, 2.45) is 5.41 Å². The number of amides is 1. The van der Waals surface area contributed by atoms with Gasteiger partial charge < -0.3 is 14.4 Å². The van der Waals surface area contributed by atoms with Gasteiger partial charge in [0.1, 0.15) is 11.2 Å². The maximum atomic E-state index is 12.9. The zero-order chi connectivity index (χ0) is 23.4. The Labute approximate surface area is 188 Å². The van der Waals surface area contributed by atoms with Crippen LogP contribution in [0.3, 0.4) is 0 Å². The summed E-state index contributed by atoms with van der Waals surface area (Å²) >= 11 is 0. The summed E-state index contributed by atoms with van der Waals surface area (Å²) in [6.07, 6.45) is 3.53. The highest BCUT2D eigenvalue weighted by Crippen LogP contribution is 2.38. The van der Waals surface area contributed by atoms with E-state index in [9.17, 15) is 14.4 Å². The molecule has 0 radical (unpaired) electrons. The summed E-state index contributed by atoms with van der Waals surface area (Å²) in [5, 5.41) is 0.901. The van der Waals surface area contributed by atoms with E-state index >= 15 is 0 Å². The number of fused-ring (bicyclic) bond motifs is 1. The van der Waals surface area contributed by atoms with Crippen LogP contribution < -0.4 is 5.56 Å². The molecule has 1 aliphatic rings. The van der Waals surface area contributed by atoms with Crippen LogP contribution in [0, 0.1) is 5.41 Å². The van der Waals surface area contributed by atoms with Crippen LogP contribution in [0.15, 0.2) is 35.3 Å². The van der Waals surface area contributed by atoms with Gasteiger partial charge in [0.25, 0.3) is 5.56 Å². The van der Waals surface area contributed by atoms with Crippen molar-refractivity contribution in [2.75, 3.05) is 19.7 Å². The number of aryl methyl sites for hydroxylation is 1. The molecule has 174 valence electrons. The van der Waals surface area contributed by atoms with E-state index in [1.165, 1.54) is 0 Å². The largest absolute Gasteiger partial charge is 0.466 e. The van der Waals surface area contributed by atoms with Crippen molar-refractivity contribution < 1.29 is 19.1 Å². The Bertz CT molecular complexity index is 1020. The molecule has 0 unspecified atom stereocenters. The van der Waals surface area contributed by atoms with Gasteiger partial charge in [0.15, 0.2) is 0 Å². The standard InChI is InChI=1S/C24H33N3O5/c1-5-31-21(29)24(12-16-26(17-13-24)22(30)32-23(2,3)4)11-7-15-27-19(28)10-9-18-8-6-14-25-20(18)27/h6,8-10,14H,5,7,11-13,15-17H2,1-4H3. The molecule has 0 N–H and O–H groups in total. The van der Waals surface area contributed by atoms with Gasteiger partial charge in [-0.1, -0.05) is 0 Å². The minimum atomic E-state index is -0.670. The Morgan fingerprint density at radius 2 is 1.88 bits per heavy atom. The van der Waals surface area contributed by atoms with Crippen LogP contribution in [0.4, 0.5) is 4.79 Å². The number of carbonyl (C=O) groups is 2. The van der Waals surface area contributed by atoms with Gasteiger partial charge in [0.2, 0.25) is 0 Å². The fraction of sp³-hybridized carbons (Fsp3) is 0.583. The van der Waals surface area contributed by atoms with Crippen molar-refractivity contribution in [3.05, 3.63) is 40.8 Å². The maximum absolute atomic E-state index is 12.9. The average molecular weight is 444 g/mol. The maximum Gasteiger partial charge on any atom is 0.410 e. The van der Waals surface area contributed by atoms with Gasteiger partial charge in [-0.25, -0.2) is 9.78 Å². The number of ether oxygens (including phenoxy) is 2. The zero-order valence-corrected chi connectivity index (χ0v) is 19.4. The van der Waals surface area contributed by atoms with Gasteiger partial charge in [-0.15, -0.1) is 0 Å². The van der Waals surface area contributed by atoms with Gasteiger partial charge in [0.05, 0.1) is 12.0 Å². The Morgan fingerprint density at radius 1 is 1.16 bits per heavy atom. The number of pyridine rings is 2. The van der Waals surface area contributed by atoms with Crippen LogP contribution in [0.5, 0.6) is 0 Å². The molecule has 0 aliphatic carbocycles. The number of rotatable bonds is 6. The molecule has 3 rings (SSSR count). The van der Waals surface area contributed by atoms with E-state index < -0.39 is 11.0 Å². The lowest BCUT2D eigenvalue weighted by atomic mass is 9.74. The van der Waals surface area contributed by atoms with Crippen molar-refractivity contribution in [3.63, 3.8) is 0 Å². The third-order valence-corrected chi connectivity index (χ3v) is 5.86. The fourth-order valence-corrected chi connectivity index (χ4v) is 4.20. The summed E-state index contributed by atoms with van der Waals surface area (Å²) in [4.78, 5) is 43.8. The highest BCUT2D eigenvalue weighted by atomic mass is 16.6. The molecule has 1 amide bonds. The van der Waals surface area contributed by atoms with Gasteiger partial charge in [0, 0.05) is 37.3 Å². The molecule has 2 aromatic heterocycles. The van der Waals surface area contributed by atoms with E-state index in [1.54, 1.807) is 34.7 Å². The molecule has 1 aliphatic heterocycles. The van der Waals surface area contributed by atoms with Crippen LogP contribution in [0.2, 0.25) is 0 Å². The lowest BCUT2D eigenvalue weighted by Crippen LogP contribution is -2.48.